The van der Waals surface area contributed by atoms with Crippen molar-refractivity contribution < 1.29 is 19.4 Å². The molecular formula is C16H19NO4. The molecule has 5 nitrogen and oxygen atoms in total. The van der Waals surface area contributed by atoms with Crippen molar-refractivity contribution in [3.8, 4) is 0 Å². The fourth-order valence-corrected chi connectivity index (χ4v) is 3.37. The Labute approximate surface area is 123 Å². The number of carbonyl (C=O) groups excluding carboxylic acids is 1. The molecule has 4 atom stereocenters. The van der Waals surface area contributed by atoms with Crippen molar-refractivity contribution in [3.63, 3.8) is 0 Å². The zero-order chi connectivity index (χ0) is 15.0. The molecule has 2 heterocycles. The summed E-state index contributed by atoms with van der Waals surface area (Å²) in [7, 11) is 0. The molecule has 2 N–H and O–H groups in total. The van der Waals surface area contributed by atoms with Crippen molar-refractivity contribution >= 4 is 17.6 Å². The van der Waals surface area contributed by atoms with Crippen LogP contribution in [0.2, 0.25) is 0 Å². The fourth-order valence-electron chi connectivity index (χ4n) is 3.37. The standard InChI is InChI=1S/C16H19NO4/c1-2-9-3-5-10(6-4-9)17-15(18)13-11-7-8-12(21-11)14(13)16(19)20/h3-6,11-14H,2,7-8H2,1H3,(H,17,18)(H,19,20)/t11-,12+,13+,14-/m0/s1. The SMILES string of the molecule is CCc1ccc(NC(=O)[C@H]2[C@@H](C(=O)O)[C@H]3CC[C@@H]2O3)cc1. The Balaban J connectivity index is 1.73. The van der Waals surface area contributed by atoms with E-state index in [-0.39, 0.29) is 18.1 Å². The van der Waals surface area contributed by atoms with Crippen LogP contribution in [0.3, 0.4) is 0 Å². The van der Waals surface area contributed by atoms with Crippen molar-refractivity contribution in [3.05, 3.63) is 29.8 Å². The van der Waals surface area contributed by atoms with Gasteiger partial charge >= 0.3 is 5.97 Å². The van der Waals surface area contributed by atoms with Gasteiger partial charge in [0.05, 0.1) is 24.0 Å². The fraction of sp³-hybridized carbons (Fsp3) is 0.500. The third-order valence-electron chi connectivity index (χ3n) is 4.49. The monoisotopic (exact) mass is 289 g/mol. The number of fused-ring (bicyclic) bond motifs is 2. The van der Waals surface area contributed by atoms with Gasteiger partial charge in [-0.05, 0) is 37.0 Å². The average Bonchev–Trinajstić information content (AvgIpc) is 3.08. The molecule has 21 heavy (non-hydrogen) atoms. The maximum atomic E-state index is 12.4. The first-order valence-corrected chi connectivity index (χ1v) is 7.38. The molecule has 0 aliphatic carbocycles. The molecule has 112 valence electrons. The smallest absolute Gasteiger partial charge is 0.310 e. The van der Waals surface area contributed by atoms with E-state index in [1.165, 1.54) is 5.56 Å². The summed E-state index contributed by atoms with van der Waals surface area (Å²) in [6.07, 6.45) is 1.87. The molecule has 2 fully saturated rings. The van der Waals surface area contributed by atoms with Crippen LogP contribution in [0.4, 0.5) is 5.69 Å². The second-order valence-corrected chi connectivity index (χ2v) is 5.72. The summed E-state index contributed by atoms with van der Waals surface area (Å²) in [6.45, 7) is 2.07. The molecule has 0 unspecified atom stereocenters. The van der Waals surface area contributed by atoms with Gasteiger partial charge in [0.15, 0.2) is 0 Å². The molecule has 1 aromatic carbocycles. The van der Waals surface area contributed by atoms with Crippen molar-refractivity contribution in [1.29, 1.82) is 0 Å². The van der Waals surface area contributed by atoms with Crippen molar-refractivity contribution in [1.82, 2.24) is 0 Å². The molecule has 2 aliphatic heterocycles. The van der Waals surface area contributed by atoms with Gasteiger partial charge in [-0.2, -0.15) is 0 Å². The minimum Gasteiger partial charge on any atom is -0.481 e. The number of nitrogens with one attached hydrogen (secondary N) is 1. The Morgan fingerprint density at radius 1 is 1.19 bits per heavy atom. The van der Waals surface area contributed by atoms with Crippen LogP contribution >= 0.6 is 0 Å². The number of benzene rings is 1. The average molecular weight is 289 g/mol. The molecule has 0 radical (unpaired) electrons. The Hall–Kier alpha value is -1.88. The minimum atomic E-state index is -0.941. The summed E-state index contributed by atoms with van der Waals surface area (Å²) < 4.78 is 5.61. The van der Waals surface area contributed by atoms with Crippen LogP contribution < -0.4 is 5.32 Å². The molecule has 2 bridgehead atoms. The highest BCUT2D eigenvalue weighted by atomic mass is 16.5. The van der Waals surface area contributed by atoms with Crippen molar-refractivity contribution in [2.75, 3.05) is 5.32 Å². The highest BCUT2D eigenvalue weighted by Gasteiger charge is 2.55. The third-order valence-corrected chi connectivity index (χ3v) is 4.49. The molecule has 0 spiro atoms. The quantitative estimate of drug-likeness (QED) is 0.889. The minimum absolute atomic E-state index is 0.251. The lowest BCUT2D eigenvalue weighted by Gasteiger charge is -2.23. The van der Waals surface area contributed by atoms with Crippen molar-refractivity contribution in [2.24, 2.45) is 11.8 Å². The predicted molar refractivity (Wildman–Crippen MR) is 77.0 cm³/mol. The van der Waals surface area contributed by atoms with Gasteiger partial charge in [0.1, 0.15) is 0 Å². The summed E-state index contributed by atoms with van der Waals surface area (Å²) in [6, 6.07) is 7.62. The summed E-state index contributed by atoms with van der Waals surface area (Å²) in [5.41, 5.74) is 1.89. The van der Waals surface area contributed by atoms with Gasteiger partial charge in [-0.1, -0.05) is 19.1 Å². The second kappa shape index (κ2) is 5.48. The van der Waals surface area contributed by atoms with Crippen LogP contribution in [0.15, 0.2) is 24.3 Å². The first-order chi connectivity index (χ1) is 10.1. The first kappa shape index (κ1) is 14.1. The van der Waals surface area contributed by atoms with Crippen LogP contribution in [0.1, 0.15) is 25.3 Å². The van der Waals surface area contributed by atoms with E-state index in [0.717, 1.165) is 19.3 Å². The number of hydrogen-bond acceptors (Lipinski definition) is 3. The number of hydrogen-bond donors (Lipinski definition) is 2. The summed E-state index contributed by atoms with van der Waals surface area (Å²) in [5, 5.41) is 12.2. The van der Waals surface area contributed by atoms with Crippen molar-refractivity contribution in [2.45, 2.75) is 38.4 Å². The lowest BCUT2D eigenvalue weighted by molar-refractivity contribution is -0.147. The van der Waals surface area contributed by atoms with Gasteiger partial charge in [-0.3, -0.25) is 9.59 Å². The van der Waals surface area contributed by atoms with E-state index >= 15 is 0 Å². The van der Waals surface area contributed by atoms with E-state index in [2.05, 4.69) is 12.2 Å². The Morgan fingerprint density at radius 3 is 2.38 bits per heavy atom. The van der Waals surface area contributed by atoms with Crippen LogP contribution in [0.25, 0.3) is 0 Å². The molecule has 0 saturated carbocycles. The zero-order valence-electron chi connectivity index (χ0n) is 11.9. The largest absolute Gasteiger partial charge is 0.481 e. The van der Waals surface area contributed by atoms with Crippen LogP contribution in [0.5, 0.6) is 0 Å². The summed E-state index contributed by atoms with van der Waals surface area (Å²) in [4.78, 5) is 23.8. The maximum Gasteiger partial charge on any atom is 0.310 e. The number of rotatable bonds is 4. The Morgan fingerprint density at radius 2 is 1.81 bits per heavy atom. The van der Waals surface area contributed by atoms with E-state index in [1.807, 2.05) is 24.3 Å². The normalized spacial score (nSPS) is 30.3. The van der Waals surface area contributed by atoms with E-state index in [0.29, 0.717) is 5.69 Å². The number of aliphatic carboxylic acids is 1. The second-order valence-electron chi connectivity index (χ2n) is 5.72. The molecule has 3 rings (SSSR count). The molecule has 1 aromatic rings. The topological polar surface area (TPSA) is 75.6 Å². The highest BCUT2D eigenvalue weighted by molar-refractivity contribution is 5.96. The van der Waals surface area contributed by atoms with Gasteiger partial charge in [-0.25, -0.2) is 0 Å². The molecular weight excluding hydrogens is 270 g/mol. The van der Waals surface area contributed by atoms with E-state index < -0.39 is 17.8 Å². The number of amides is 1. The zero-order valence-corrected chi connectivity index (χ0v) is 11.9. The van der Waals surface area contributed by atoms with Crippen LogP contribution in [-0.4, -0.2) is 29.2 Å². The number of carboxylic acids is 1. The van der Waals surface area contributed by atoms with Crippen LogP contribution in [0, 0.1) is 11.8 Å². The molecule has 5 heteroatoms. The number of anilines is 1. The summed E-state index contributed by atoms with van der Waals surface area (Å²) >= 11 is 0. The predicted octanol–water partition coefficient (Wildman–Crippen LogP) is 2.07. The van der Waals surface area contributed by atoms with E-state index in [1.54, 1.807) is 0 Å². The highest BCUT2D eigenvalue weighted by Crippen LogP contribution is 2.44. The number of carboxylic acid groups (broad SMARTS) is 1. The third kappa shape index (κ3) is 2.53. The van der Waals surface area contributed by atoms with Gasteiger partial charge in [0.2, 0.25) is 5.91 Å². The lowest BCUT2D eigenvalue weighted by Crippen LogP contribution is -2.40. The molecule has 2 saturated heterocycles. The number of ether oxygens (including phenoxy) is 1. The lowest BCUT2D eigenvalue weighted by atomic mass is 9.78. The first-order valence-electron chi connectivity index (χ1n) is 7.38. The maximum absolute atomic E-state index is 12.4. The summed E-state index contributed by atoms with van der Waals surface area (Å²) in [5.74, 6) is -2.51. The van der Waals surface area contributed by atoms with E-state index in [9.17, 15) is 14.7 Å². The number of carbonyl (C=O) groups is 2. The molecule has 2 aliphatic rings. The Bertz CT molecular complexity index is 554. The van der Waals surface area contributed by atoms with Gasteiger partial charge in [0.25, 0.3) is 0 Å². The van der Waals surface area contributed by atoms with Gasteiger partial charge in [0, 0.05) is 5.69 Å². The van der Waals surface area contributed by atoms with E-state index in [4.69, 9.17) is 4.74 Å². The van der Waals surface area contributed by atoms with Gasteiger partial charge < -0.3 is 15.2 Å². The van der Waals surface area contributed by atoms with Crippen LogP contribution in [-0.2, 0) is 20.7 Å². The van der Waals surface area contributed by atoms with Gasteiger partial charge in [-0.15, -0.1) is 0 Å². The Kier molecular flexibility index (Phi) is 3.68. The number of aryl methyl sites for hydroxylation is 1. The molecule has 1 amide bonds. The molecule has 0 aromatic heterocycles.